The number of carbonyl (C=O) groups excluding carboxylic acids is 2. The average Bonchev–Trinajstić information content (AvgIpc) is 2.37. The van der Waals surface area contributed by atoms with Crippen molar-refractivity contribution in [3.63, 3.8) is 0 Å². The Labute approximate surface area is 112 Å². The van der Waals surface area contributed by atoms with Crippen LogP contribution in [-0.4, -0.2) is 60.3 Å². The molecule has 0 unspecified atom stereocenters. The Bertz CT molecular complexity index is 482. The largest absolute Gasteiger partial charge is 0.468 e. The van der Waals surface area contributed by atoms with Gasteiger partial charge in [0.05, 0.1) is 19.7 Å². The molecule has 1 atom stereocenters. The summed E-state index contributed by atoms with van der Waals surface area (Å²) in [6, 6.07) is 0.124. The van der Waals surface area contributed by atoms with E-state index in [-0.39, 0.29) is 25.0 Å². The second kappa shape index (κ2) is 5.03. The van der Waals surface area contributed by atoms with E-state index in [1.165, 1.54) is 12.0 Å². The van der Waals surface area contributed by atoms with E-state index >= 15 is 0 Å². The zero-order valence-electron chi connectivity index (χ0n) is 11.8. The third kappa shape index (κ3) is 2.47. The molecule has 2 aliphatic rings. The summed E-state index contributed by atoms with van der Waals surface area (Å²) < 4.78 is 4.62. The van der Waals surface area contributed by atoms with Crippen molar-refractivity contribution in [1.29, 1.82) is 0 Å². The maximum Gasteiger partial charge on any atom is 0.325 e. The zero-order chi connectivity index (χ0) is 14.2. The Morgan fingerprint density at radius 1 is 1.42 bits per heavy atom. The van der Waals surface area contributed by atoms with Crippen molar-refractivity contribution in [2.45, 2.75) is 26.8 Å². The highest BCUT2D eigenvalue weighted by Gasteiger charge is 2.34. The van der Waals surface area contributed by atoms with E-state index in [1.807, 2.05) is 25.7 Å². The molecule has 0 aliphatic carbocycles. The van der Waals surface area contributed by atoms with E-state index in [4.69, 9.17) is 0 Å². The summed E-state index contributed by atoms with van der Waals surface area (Å²) in [4.78, 5) is 31.3. The molecule has 0 aromatic carbocycles. The first-order chi connectivity index (χ1) is 8.93. The lowest BCUT2D eigenvalue weighted by Gasteiger charge is -2.41. The number of aliphatic imine (C=N–C) groups is 1. The predicted molar refractivity (Wildman–Crippen MR) is 70.6 cm³/mol. The summed E-state index contributed by atoms with van der Waals surface area (Å²) in [6.45, 7) is 6.65. The van der Waals surface area contributed by atoms with Gasteiger partial charge in [-0.15, -0.1) is 0 Å². The Hall–Kier alpha value is -1.85. The number of amides is 1. The van der Waals surface area contributed by atoms with Crippen molar-refractivity contribution in [2.75, 3.05) is 26.7 Å². The molecule has 0 bridgehead atoms. The lowest BCUT2D eigenvalue weighted by molar-refractivity contribution is -0.147. The Morgan fingerprint density at radius 3 is 2.74 bits per heavy atom. The number of carbonyl (C=O) groups is 2. The molecule has 6 nitrogen and oxygen atoms in total. The number of esters is 1. The summed E-state index contributed by atoms with van der Waals surface area (Å²) in [7, 11) is 1.33. The van der Waals surface area contributed by atoms with Gasteiger partial charge in [-0.2, -0.15) is 0 Å². The molecule has 2 aliphatic heterocycles. The topological polar surface area (TPSA) is 62.2 Å². The molecule has 2 heterocycles. The van der Waals surface area contributed by atoms with E-state index in [9.17, 15) is 9.59 Å². The van der Waals surface area contributed by atoms with Gasteiger partial charge in [0.15, 0.2) is 0 Å². The molecule has 0 aromatic rings. The number of rotatable bonds is 2. The fourth-order valence-electron chi connectivity index (χ4n) is 2.38. The van der Waals surface area contributed by atoms with Gasteiger partial charge < -0.3 is 14.5 Å². The van der Waals surface area contributed by atoms with Crippen LogP contribution in [0, 0.1) is 0 Å². The molecule has 0 N–H and O–H groups in total. The van der Waals surface area contributed by atoms with Gasteiger partial charge in [-0.25, -0.2) is 0 Å². The number of fused-ring (bicyclic) bond motifs is 1. The monoisotopic (exact) mass is 265 g/mol. The number of ether oxygens (including phenoxy) is 1. The minimum Gasteiger partial charge on any atom is -0.468 e. The fraction of sp³-hybridized carbons (Fsp3) is 0.615. The molecule has 0 aromatic heterocycles. The fourth-order valence-corrected chi connectivity index (χ4v) is 2.38. The second-order valence-electron chi connectivity index (χ2n) is 4.89. The molecule has 0 saturated carbocycles. The molecular formula is C13H19N3O3. The maximum atomic E-state index is 12.0. The Balaban J connectivity index is 2.22. The van der Waals surface area contributed by atoms with Gasteiger partial charge in [0.25, 0.3) is 0 Å². The number of hydrogen-bond donors (Lipinski definition) is 0. The maximum absolute atomic E-state index is 12.0. The quantitative estimate of drug-likeness (QED) is 0.678. The third-order valence-electron chi connectivity index (χ3n) is 3.71. The van der Waals surface area contributed by atoms with Gasteiger partial charge >= 0.3 is 5.97 Å². The normalized spacial score (nSPS) is 23.3. The summed E-state index contributed by atoms with van der Waals surface area (Å²) in [5.41, 5.74) is 2.22. The van der Waals surface area contributed by atoms with E-state index in [1.54, 1.807) is 0 Å². The third-order valence-corrected chi connectivity index (χ3v) is 3.71. The second-order valence-corrected chi connectivity index (χ2v) is 4.89. The summed E-state index contributed by atoms with van der Waals surface area (Å²) >= 11 is 0. The van der Waals surface area contributed by atoms with Crippen molar-refractivity contribution >= 4 is 17.7 Å². The Morgan fingerprint density at radius 2 is 2.11 bits per heavy atom. The van der Waals surface area contributed by atoms with E-state index in [0.717, 1.165) is 17.1 Å². The van der Waals surface area contributed by atoms with Crippen LogP contribution in [0.15, 0.2) is 16.3 Å². The van der Waals surface area contributed by atoms with Gasteiger partial charge in [0.2, 0.25) is 5.91 Å². The molecule has 1 fully saturated rings. The number of amidine groups is 1. The molecule has 0 spiro atoms. The van der Waals surface area contributed by atoms with Gasteiger partial charge in [0, 0.05) is 5.70 Å². The minimum atomic E-state index is -0.394. The van der Waals surface area contributed by atoms with E-state index < -0.39 is 5.97 Å². The van der Waals surface area contributed by atoms with Crippen LogP contribution in [0.2, 0.25) is 0 Å². The van der Waals surface area contributed by atoms with Crippen LogP contribution in [0.5, 0.6) is 0 Å². The Kier molecular flexibility index (Phi) is 3.59. The van der Waals surface area contributed by atoms with Gasteiger partial charge in [-0.3, -0.25) is 14.6 Å². The van der Waals surface area contributed by atoms with E-state index in [2.05, 4.69) is 9.73 Å². The van der Waals surface area contributed by atoms with Crippen LogP contribution >= 0.6 is 0 Å². The molecule has 6 heteroatoms. The van der Waals surface area contributed by atoms with Crippen molar-refractivity contribution in [2.24, 2.45) is 4.99 Å². The zero-order valence-corrected chi connectivity index (χ0v) is 11.8. The van der Waals surface area contributed by atoms with Crippen molar-refractivity contribution in [3.8, 4) is 0 Å². The number of nitrogens with zero attached hydrogens (tertiary/aromatic N) is 3. The van der Waals surface area contributed by atoms with Crippen LogP contribution in [0.4, 0.5) is 0 Å². The van der Waals surface area contributed by atoms with Crippen LogP contribution < -0.4 is 0 Å². The van der Waals surface area contributed by atoms with Gasteiger partial charge in [-0.05, 0) is 26.3 Å². The smallest absolute Gasteiger partial charge is 0.325 e. The highest BCUT2D eigenvalue weighted by Crippen LogP contribution is 2.26. The first-order valence-electron chi connectivity index (χ1n) is 6.30. The minimum absolute atomic E-state index is 0.00449. The van der Waals surface area contributed by atoms with Crippen LogP contribution in [0.3, 0.4) is 0 Å². The summed E-state index contributed by atoms with van der Waals surface area (Å²) in [5.74, 6) is 0.388. The van der Waals surface area contributed by atoms with Crippen LogP contribution in [-0.2, 0) is 14.3 Å². The molecule has 2 rings (SSSR count). The molecular weight excluding hydrogens is 246 g/mol. The van der Waals surface area contributed by atoms with Gasteiger partial charge in [0.1, 0.15) is 18.9 Å². The van der Waals surface area contributed by atoms with Crippen molar-refractivity contribution < 1.29 is 14.3 Å². The highest BCUT2D eigenvalue weighted by atomic mass is 16.5. The van der Waals surface area contributed by atoms with Crippen LogP contribution in [0.25, 0.3) is 0 Å². The lowest BCUT2D eigenvalue weighted by atomic mass is 10.0. The lowest BCUT2D eigenvalue weighted by Crippen LogP contribution is -2.53. The highest BCUT2D eigenvalue weighted by molar-refractivity contribution is 5.92. The number of piperazine rings is 1. The first-order valence-corrected chi connectivity index (χ1v) is 6.30. The van der Waals surface area contributed by atoms with Crippen molar-refractivity contribution in [3.05, 3.63) is 11.3 Å². The SMILES string of the molecule is COC(=O)CN1CC2=C(C)[C@H](C)N=C(C)N2CC1=O. The molecule has 1 amide bonds. The first kappa shape index (κ1) is 13.6. The van der Waals surface area contributed by atoms with Gasteiger partial charge in [-0.1, -0.05) is 0 Å². The number of methoxy groups -OCH3 is 1. The molecule has 1 saturated heterocycles. The van der Waals surface area contributed by atoms with Crippen LogP contribution in [0.1, 0.15) is 20.8 Å². The molecule has 0 radical (unpaired) electrons. The predicted octanol–water partition coefficient (Wildman–Crippen LogP) is 0.398. The standard InChI is InChI=1S/C13H19N3O3/c1-8-9(2)14-10(3)16-6-12(17)15(5-11(8)16)7-13(18)19-4/h9H,5-7H2,1-4H3/t9-/m0/s1. The summed E-state index contributed by atoms with van der Waals surface area (Å²) in [5, 5.41) is 0. The molecule has 104 valence electrons. The average molecular weight is 265 g/mol. The molecule has 19 heavy (non-hydrogen) atoms. The summed E-state index contributed by atoms with van der Waals surface area (Å²) in [6.07, 6.45) is 0. The van der Waals surface area contributed by atoms with E-state index in [0.29, 0.717) is 6.54 Å². The number of hydrogen-bond acceptors (Lipinski definition) is 5. The van der Waals surface area contributed by atoms with Crippen molar-refractivity contribution in [1.82, 2.24) is 9.80 Å².